The predicted octanol–water partition coefficient (Wildman–Crippen LogP) is 3.55. The molecule has 4 N–H and O–H groups in total. The van der Waals surface area contributed by atoms with Gasteiger partial charge in [-0.3, -0.25) is 9.59 Å². The van der Waals surface area contributed by atoms with E-state index in [1.807, 2.05) is 50.2 Å². The van der Waals surface area contributed by atoms with Crippen molar-refractivity contribution in [2.75, 3.05) is 10.6 Å². The molecule has 0 aliphatic rings. The molecule has 132 valence electrons. The van der Waals surface area contributed by atoms with Crippen LogP contribution in [0.2, 0.25) is 0 Å². The number of rotatable bonds is 6. The number of carbonyl (C=O) groups is 2. The molecule has 0 aliphatic carbocycles. The molecule has 0 aromatic heterocycles. The van der Waals surface area contributed by atoms with Crippen molar-refractivity contribution in [3.8, 4) is 0 Å². The third kappa shape index (κ3) is 4.45. The van der Waals surface area contributed by atoms with E-state index in [1.165, 1.54) is 0 Å². The average molecular weight is 339 g/mol. The van der Waals surface area contributed by atoms with E-state index in [1.54, 1.807) is 19.1 Å². The zero-order valence-electron chi connectivity index (χ0n) is 14.9. The van der Waals surface area contributed by atoms with Gasteiger partial charge < -0.3 is 16.4 Å². The molecule has 25 heavy (non-hydrogen) atoms. The first kappa shape index (κ1) is 18.7. The Bertz CT molecular complexity index is 755. The number of hydrogen-bond donors (Lipinski definition) is 3. The predicted molar refractivity (Wildman–Crippen MR) is 101 cm³/mol. The lowest BCUT2D eigenvalue weighted by atomic mass is 9.92. The van der Waals surface area contributed by atoms with Gasteiger partial charge in [-0.15, -0.1) is 0 Å². The summed E-state index contributed by atoms with van der Waals surface area (Å²) in [4.78, 5) is 24.5. The molecule has 2 aromatic carbocycles. The van der Waals surface area contributed by atoms with Gasteiger partial charge in [0.15, 0.2) is 0 Å². The van der Waals surface area contributed by atoms with Gasteiger partial charge in [0.05, 0.1) is 0 Å². The van der Waals surface area contributed by atoms with Gasteiger partial charge in [0.25, 0.3) is 0 Å². The van der Waals surface area contributed by atoms with Crippen molar-refractivity contribution in [1.29, 1.82) is 0 Å². The fourth-order valence-corrected chi connectivity index (χ4v) is 2.51. The third-order valence-corrected chi connectivity index (χ3v) is 4.18. The van der Waals surface area contributed by atoms with Crippen molar-refractivity contribution < 1.29 is 9.59 Å². The first-order chi connectivity index (χ1) is 11.9. The third-order valence-electron chi connectivity index (χ3n) is 4.18. The summed E-state index contributed by atoms with van der Waals surface area (Å²) in [7, 11) is 0. The molecule has 0 saturated carbocycles. The van der Waals surface area contributed by atoms with Crippen LogP contribution in [0.3, 0.4) is 0 Å². The van der Waals surface area contributed by atoms with Gasteiger partial charge in [-0.1, -0.05) is 43.3 Å². The summed E-state index contributed by atoms with van der Waals surface area (Å²) in [6, 6.07) is 14.6. The Balaban J connectivity index is 2.20. The first-order valence-corrected chi connectivity index (χ1v) is 8.41. The second-order valence-electron chi connectivity index (χ2n) is 6.30. The van der Waals surface area contributed by atoms with Crippen molar-refractivity contribution in [2.24, 2.45) is 5.73 Å². The molecule has 1 unspecified atom stereocenters. The minimum absolute atomic E-state index is 0.0398. The summed E-state index contributed by atoms with van der Waals surface area (Å²) in [6.45, 7) is 5.49. The van der Waals surface area contributed by atoms with Crippen LogP contribution in [0, 0.1) is 6.92 Å². The molecule has 5 nitrogen and oxygen atoms in total. The summed E-state index contributed by atoms with van der Waals surface area (Å²) in [5.41, 5.74) is 7.95. The molecule has 0 heterocycles. The Labute approximate surface area is 148 Å². The minimum Gasteiger partial charge on any atom is -0.326 e. The highest BCUT2D eigenvalue weighted by Gasteiger charge is 2.30. The molecule has 2 rings (SSSR count). The molecular weight excluding hydrogens is 314 g/mol. The molecule has 1 atom stereocenters. The zero-order valence-corrected chi connectivity index (χ0v) is 14.9. The van der Waals surface area contributed by atoms with Crippen LogP contribution in [-0.2, 0) is 15.1 Å². The van der Waals surface area contributed by atoms with Gasteiger partial charge in [-0.05, 0) is 43.5 Å². The molecular formula is C20H25N3O2. The highest BCUT2D eigenvalue weighted by atomic mass is 16.2. The zero-order chi connectivity index (χ0) is 18.4. The van der Waals surface area contributed by atoms with E-state index < -0.39 is 5.54 Å². The number of hydrogen-bond acceptors (Lipinski definition) is 3. The van der Waals surface area contributed by atoms with E-state index in [2.05, 4.69) is 10.6 Å². The van der Waals surface area contributed by atoms with E-state index in [4.69, 9.17) is 5.73 Å². The van der Waals surface area contributed by atoms with Crippen molar-refractivity contribution >= 4 is 23.2 Å². The van der Waals surface area contributed by atoms with Gasteiger partial charge in [-0.25, -0.2) is 0 Å². The van der Waals surface area contributed by atoms with Crippen LogP contribution in [0.1, 0.15) is 37.8 Å². The van der Waals surface area contributed by atoms with Gasteiger partial charge >= 0.3 is 0 Å². The number of nitrogens with one attached hydrogen (secondary N) is 2. The quantitative estimate of drug-likeness (QED) is 0.752. The number of amides is 2. The standard InChI is InChI=1S/C20H25N3O2/c1-4-9-18(24)22-16-12-8-13-17(14(16)2)23-19(25)20(3,21)15-10-6-5-7-11-15/h5-8,10-13H,4,9,21H2,1-3H3,(H,22,24)(H,23,25). The summed E-state index contributed by atoms with van der Waals surface area (Å²) >= 11 is 0. The number of nitrogens with two attached hydrogens (primary N) is 1. The fourth-order valence-electron chi connectivity index (χ4n) is 2.51. The van der Waals surface area contributed by atoms with Crippen molar-refractivity contribution in [1.82, 2.24) is 0 Å². The Morgan fingerprint density at radius 3 is 2.20 bits per heavy atom. The lowest BCUT2D eigenvalue weighted by molar-refractivity contribution is -0.121. The first-order valence-electron chi connectivity index (χ1n) is 8.41. The lowest BCUT2D eigenvalue weighted by Crippen LogP contribution is -2.45. The Morgan fingerprint density at radius 2 is 1.60 bits per heavy atom. The van der Waals surface area contributed by atoms with Crippen LogP contribution in [0.4, 0.5) is 11.4 Å². The van der Waals surface area contributed by atoms with E-state index in [9.17, 15) is 9.59 Å². The number of anilines is 2. The van der Waals surface area contributed by atoms with Gasteiger partial charge in [-0.2, -0.15) is 0 Å². The van der Waals surface area contributed by atoms with Gasteiger partial charge in [0.1, 0.15) is 5.54 Å². The molecule has 2 amide bonds. The smallest absolute Gasteiger partial charge is 0.248 e. The van der Waals surface area contributed by atoms with Crippen LogP contribution in [0.15, 0.2) is 48.5 Å². The molecule has 2 aromatic rings. The maximum absolute atomic E-state index is 12.7. The molecule has 0 bridgehead atoms. The summed E-state index contributed by atoms with van der Waals surface area (Å²) < 4.78 is 0. The highest BCUT2D eigenvalue weighted by molar-refractivity contribution is 6.00. The van der Waals surface area contributed by atoms with E-state index in [0.29, 0.717) is 17.8 Å². The number of benzene rings is 2. The Kier molecular flexibility index (Phi) is 5.93. The molecule has 0 saturated heterocycles. The monoisotopic (exact) mass is 339 g/mol. The topological polar surface area (TPSA) is 84.2 Å². The van der Waals surface area contributed by atoms with Crippen LogP contribution in [-0.4, -0.2) is 11.8 Å². The lowest BCUT2D eigenvalue weighted by Gasteiger charge is -2.25. The van der Waals surface area contributed by atoms with Crippen molar-refractivity contribution in [3.63, 3.8) is 0 Å². The van der Waals surface area contributed by atoms with E-state index in [-0.39, 0.29) is 11.8 Å². The maximum Gasteiger partial charge on any atom is 0.248 e. The Morgan fingerprint density at radius 1 is 1.00 bits per heavy atom. The van der Waals surface area contributed by atoms with Crippen molar-refractivity contribution in [2.45, 2.75) is 39.2 Å². The van der Waals surface area contributed by atoms with Crippen LogP contribution >= 0.6 is 0 Å². The maximum atomic E-state index is 12.7. The normalized spacial score (nSPS) is 13.0. The van der Waals surface area contributed by atoms with Crippen LogP contribution < -0.4 is 16.4 Å². The summed E-state index contributed by atoms with van der Waals surface area (Å²) in [5, 5.41) is 5.75. The second-order valence-corrected chi connectivity index (χ2v) is 6.30. The molecule has 0 radical (unpaired) electrons. The molecule has 0 spiro atoms. The van der Waals surface area contributed by atoms with Crippen LogP contribution in [0.5, 0.6) is 0 Å². The van der Waals surface area contributed by atoms with E-state index >= 15 is 0 Å². The summed E-state index contributed by atoms with van der Waals surface area (Å²) in [5.74, 6) is -0.346. The Hall–Kier alpha value is -2.66. The molecule has 0 aliphatic heterocycles. The van der Waals surface area contributed by atoms with Crippen LogP contribution in [0.25, 0.3) is 0 Å². The SMILES string of the molecule is CCCC(=O)Nc1cccc(NC(=O)C(C)(N)c2ccccc2)c1C. The summed E-state index contributed by atoms with van der Waals surface area (Å²) in [6.07, 6.45) is 1.24. The van der Waals surface area contributed by atoms with Crippen molar-refractivity contribution in [3.05, 3.63) is 59.7 Å². The fraction of sp³-hybridized carbons (Fsp3) is 0.300. The largest absolute Gasteiger partial charge is 0.326 e. The van der Waals surface area contributed by atoms with Gasteiger partial charge in [0.2, 0.25) is 11.8 Å². The molecule has 0 fully saturated rings. The average Bonchev–Trinajstić information content (AvgIpc) is 2.59. The van der Waals surface area contributed by atoms with E-state index in [0.717, 1.165) is 17.5 Å². The minimum atomic E-state index is -1.16. The number of carbonyl (C=O) groups excluding carboxylic acids is 2. The second kappa shape index (κ2) is 7.94. The highest BCUT2D eigenvalue weighted by Crippen LogP contribution is 2.26. The molecule has 5 heteroatoms. The van der Waals surface area contributed by atoms with Gasteiger partial charge in [0, 0.05) is 17.8 Å².